The van der Waals surface area contributed by atoms with E-state index in [0.29, 0.717) is 39.1 Å². The lowest BCUT2D eigenvalue weighted by atomic mass is 10.00. The van der Waals surface area contributed by atoms with E-state index in [1.54, 1.807) is 17.0 Å². The van der Waals surface area contributed by atoms with Crippen LogP contribution in [0.2, 0.25) is 0 Å². The van der Waals surface area contributed by atoms with Gasteiger partial charge in [-0.15, -0.1) is 0 Å². The van der Waals surface area contributed by atoms with Gasteiger partial charge in [0.1, 0.15) is 6.04 Å². The molecule has 7 heteroatoms. The van der Waals surface area contributed by atoms with E-state index in [1.165, 1.54) is 6.26 Å². The lowest BCUT2D eigenvalue weighted by molar-refractivity contribution is -0.138. The highest BCUT2D eigenvalue weighted by molar-refractivity contribution is 5.95. The fourth-order valence-corrected chi connectivity index (χ4v) is 3.91. The van der Waals surface area contributed by atoms with E-state index in [4.69, 9.17) is 4.42 Å². The Hall–Kier alpha value is -2.31. The lowest BCUT2D eigenvalue weighted by Gasteiger charge is -2.37. The fraction of sp³-hybridized carbons (Fsp3) is 0.650. The Morgan fingerprint density at radius 2 is 1.74 bits per heavy atom. The number of likely N-dealkylation sites (tertiary alicyclic amines) is 1. The van der Waals surface area contributed by atoms with Gasteiger partial charge in [-0.05, 0) is 37.8 Å². The zero-order valence-corrected chi connectivity index (χ0v) is 16.2. The molecule has 1 aromatic heterocycles. The maximum atomic E-state index is 13.2. The number of hydrogen-bond donors (Lipinski definition) is 0. The summed E-state index contributed by atoms with van der Waals surface area (Å²) in [5, 5.41) is 0. The van der Waals surface area contributed by atoms with Gasteiger partial charge in [-0.3, -0.25) is 14.4 Å². The Morgan fingerprint density at radius 3 is 2.44 bits per heavy atom. The zero-order chi connectivity index (χ0) is 19.4. The molecule has 3 heterocycles. The minimum Gasteiger partial charge on any atom is -0.459 e. The molecule has 2 fully saturated rings. The van der Waals surface area contributed by atoms with Crippen molar-refractivity contribution in [3.8, 4) is 0 Å². The van der Waals surface area contributed by atoms with Crippen LogP contribution in [0.15, 0.2) is 22.8 Å². The van der Waals surface area contributed by atoms with Gasteiger partial charge in [0, 0.05) is 38.6 Å². The molecule has 1 unspecified atom stereocenters. The Labute approximate surface area is 160 Å². The SMILES string of the molecule is CC(C)C(=O)N1CCCN(C(=O)C2CCCCN2C(=O)c2ccco2)CC1. The number of nitrogens with zero attached hydrogens (tertiary/aromatic N) is 3. The number of furan rings is 1. The third kappa shape index (κ3) is 4.34. The predicted octanol–water partition coefficient (Wildman–Crippen LogP) is 1.99. The minimum atomic E-state index is -0.441. The van der Waals surface area contributed by atoms with E-state index in [1.807, 2.05) is 23.6 Å². The first kappa shape index (κ1) is 19.5. The molecular formula is C20H29N3O4. The van der Waals surface area contributed by atoms with Gasteiger partial charge >= 0.3 is 0 Å². The van der Waals surface area contributed by atoms with E-state index in [2.05, 4.69) is 0 Å². The first-order chi connectivity index (χ1) is 13.0. The summed E-state index contributed by atoms with van der Waals surface area (Å²) in [5.41, 5.74) is 0. The van der Waals surface area contributed by atoms with E-state index in [9.17, 15) is 14.4 Å². The molecule has 2 aliphatic heterocycles. The average molecular weight is 375 g/mol. The quantitative estimate of drug-likeness (QED) is 0.810. The van der Waals surface area contributed by atoms with Crippen LogP contribution in [-0.2, 0) is 9.59 Å². The summed E-state index contributed by atoms with van der Waals surface area (Å²) in [6, 6.07) is 2.88. The van der Waals surface area contributed by atoms with E-state index in [0.717, 1.165) is 19.3 Å². The minimum absolute atomic E-state index is 0.00606. The van der Waals surface area contributed by atoms with Crippen LogP contribution in [0, 0.1) is 5.92 Å². The molecule has 2 aliphatic rings. The highest BCUT2D eigenvalue weighted by Crippen LogP contribution is 2.22. The van der Waals surface area contributed by atoms with Crippen molar-refractivity contribution in [2.24, 2.45) is 5.92 Å². The smallest absolute Gasteiger partial charge is 0.290 e. The summed E-state index contributed by atoms with van der Waals surface area (Å²) >= 11 is 0. The third-order valence-corrected chi connectivity index (χ3v) is 5.39. The maximum absolute atomic E-state index is 13.2. The Bertz CT molecular complexity index is 671. The number of carbonyl (C=O) groups excluding carboxylic acids is 3. The van der Waals surface area contributed by atoms with Crippen molar-refractivity contribution in [3.05, 3.63) is 24.2 Å². The molecule has 0 saturated carbocycles. The maximum Gasteiger partial charge on any atom is 0.290 e. The summed E-state index contributed by atoms with van der Waals surface area (Å²) in [6.45, 7) is 6.76. The molecule has 0 spiro atoms. The standard InChI is InChI=1S/C20H29N3O4/c1-15(2)18(24)21-9-6-10-22(13-12-21)19(25)16-7-3-4-11-23(16)20(26)17-8-5-14-27-17/h5,8,14-16H,3-4,6-7,9-13H2,1-2H3. The van der Waals surface area contributed by atoms with Crippen molar-refractivity contribution in [2.75, 3.05) is 32.7 Å². The van der Waals surface area contributed by atoms with E-state index >= 15 is 0 Å². The zero-order valence-electron chi connectivity index (χ0n) is 16.2. The van der Waals surface area contributed by atoms with Gasteiger partial charge in [0.2, 0.25) is 11.8 Å². The molecule has 2 saturated heterocycles. The normalized spacial score (nSPS) is 21.3. The van der Waals surface area contributed by atoms with Crippen LogP contribution in [0.1, 0.15) is 50.1 Å². The number of rotatable bonds is 3. The molecular weight excluding hydrogens is 346 g/mol. The summed E-state index contributed by atoms with van der Waals surface area (Å²) in [5.74, 6) is 0.154. The van der Waals surface area contributed by atoms with Crippen LogP contribution in [0.5, 0.6) is 0 Å². The van der Waals surface area contributed by atoms with Gasteiger partial charge in [0.25, 0.3) is 5.91 Å². The highest BCUT2D eigenvalue weighted by atomic mass is 16.3. The van der Waals surface area contributed by atoms with Crippen molar-refractivity contribution in [2.45, 2.75) is 45.6 Å². The molecule has 0 bridgehead atoms. The van der Waals surface area contributed by atoms with Crippen molar-refractivity contribution in [1.82, 2.24) is 14.7 Å². The van der Waals surface area contributed by atoms with E-state index in [-0.39, 0.29) is 29.4 Å². The number of hydrogen-bond acceptors (Lipinski definition) is 4. The first-order valence-electron chi connectivity index (χ1n) is 9.91. The first-order valence-corrected chi connectivity index (χ1v) is 9.91. The molecule has 0 aliphatic carbocycles. The molecule has 0 radical (unpaired) electrons. The monoisotopic (exact) mass is 375 g/mol. The van der Waals surface area contributed by atoms with Gasteiger partial charge in [0.15, 0.2) is 5.76 Å². The van der Waals surface area contributed by atoms with Crippen LogP contribution in [-0.4, -0.2) is 71.2 Å². The second-order valence-electron chi connectivity index (χ2n) is 7.65. The van der Waals surface area contributed by atoms with Crippen LogP contribution < -0.4 is 0 Å². The van der Waals surface area contributed by atoms with Crippen molar-refractivity contribution < 1.29 is 18.8 Å². The predicted molar refractivity (Wildman–Crippen MR) is 100.0 cm³/mol. The summed E-state index contributed by atoms with van der Waals surface area (Å²) < 4.78 is 5.24. The molecule has 0 aromatic carbocycles. The van der Waals surface area contributed by atoms with E-state index < -0.39 is 6.04 Å². The number of carbonyl (C=O) groups is 3. The van der Waals surface area contributed by atoms with Gasteiger partial charge in [-0.2, -0.15) is 0 Å². The van der Waals surface area contributed by atoms with Crippen LogP contribution >= 0.6 is 0 Å². The topological polar surface area (TPSA) is 74.1 Å². The van der Waals surface area contributed by atoms with Crippen LogP contribution in [0.3, 0.4) is 0 Å². The summed E-state index contributed by atoms with van der Waals surface area (Å²) in [4.78, 5) is 43.5. The van der Waals surface area contributed by atoms with Gasteiger partial charge < -0.3 is 19.1 Å². The van der Waals surface area contributed by atoms with Crippen LogP contribution in [0.25, 0.3) is 0 Å². The van der Waals surface area contributed by atoms with Crippen molar-refractivity contribution in [3.63, 3.8) is 0 Å². The molecule has 3 rings (SSSR count). The second-order valence-corrected chi connectivity index (χ2v) is 7.65. The third-order valence-electron chi connectivity index (χ3n) is 5.39. The Balaban J connectivity index is 1.68. The molecule has 27 heavy (non-hydrogen) atoms. The second kappa shape index (κ2) is 8.59. The largest absolute Gasteiger partial charge is 0.459 e. The molecule has 1 aromatic rings. The fourth-order valence-electron chi connectivity index (χ4n) is 3.91. The van der Waals surface area contributed by atoms with Gasteiger partial charge in [-0.1, -0.05) is 13.8 Å². The number of piperidine rings is 1. The summed E-state index contributed by atoms with van der Waals surface area (Å²) in [6.07, 6.45) is 4.75. The van der Waals surface area contributed by atoms with Crippen LogP contribution in [0.4, 0.5) is 0 Å². The lowest BCUT2D eigenvalue weighted by Crippen LogP contribution is -2.53. The summed E-state index contributed by atoms with van der Waals surface area (Å²) in [7, 11) is 0. The van der Waals surface area contributed by atoms with Gasteiger partial charge in [0.05, 0.1) is 6.26 Å². The van der Waals surface area contributed by atoms with Crippen molar-refractivity contribution >= 4 is 17.7 Å². The Kier molecular flexibility index (Phi) is 6.19. The Morgan fingerprint density at radius 1 is 1.00 bits per heavy atom. The molecule has 148 valence electrons. The molecule has 7 nitrogen and oxygen atoms in total. The molecule has 1 atom stereocenters. The van der Waals surface area contributed by atoms with Gasteiger partial charge in [-0.25, -0.2) is 0 Å². The highest BCUT2D eigenvalue weighted by Gasteiger charge is 2.36. The average Bonchev–Trinajstić information content (AvgIpc) is 3.11. The molecule has 3 amide bonds. The molecule has 0 N–H and O–H groups in total. The number of amides is 3. The van der Waals surface area contributed by atoms with Crippen molar-refractivity contribution in [1.29, 1.82) is 0 Å².